The van der Waals surface area contributed by atoms with Gasteiger partial charge in [-0.2, -0.15) is 4.68 Å². The molecular weight excluding hydrogens is 216 g/mol. The molecule has 90 valence electrons. The zero-order chi connectivity index (χ0) is 12.1. The van der Waals surface area contributed by atoms with E-state index in [4.69, 9.17) is 5.73 Å². The largest absolute Gasteiger partial charge is 0.338 e. The Hall–Kier alpha value is -1.95. The van der Waals surface area contributed by atoms with Gasteiger partial charge in [-0.1, -0.05) is 23.3 Å². The summed E-state index contributed by atoms with van der Waals surface area (Å²) < 4.78 is 1.72. The zero-order valence-corrected chi connectivity index (χ0v) is 9.82. The van der Waals surface area contributed by atoms with E-state index in [9.17, 15) is 0 Å². The highest BCUT2D eigenvalue weighted by Gasteiger charge is 2.13. The second kappa shape index (κ2) is 5.40. The number of rotatable bonds is 5. The Morgan fingerprint density at radius 2 is 2.06 bits per heavy atom. The predicted molar refractivity (Wildman–Crippen MR) is 66.1 cm³/mol. The quantitative estimate of drug-likeness (QED) is 0.810. The molecule has 0 aliphatic heterocycles. The second-order valence-corrected chi connectivity index (χ2v) is 3.59. The van der Waals surface area contributed by atoms with E-state index < -0.39 is 0 Å². The number of hydrogen-bond donors (Lipinski definition) is 1. The van der Waals surface area contributed by atoms with Crippen LogP contribution in [0.5, 0.6) is 0 Å². The van der Waals surface area contributed by atoms with Crippen LogP contribution in [0.15, 0.2) is 30.3 Å². The summed E-state index contributed by atoms with van der Waals surface area (Å²) in [5.74, 6) is 0.726. The van der Waals surface area contributed by atoms with Gasteiger partial charge in [-0.3, -0.25) is 0 Å². The molecule has 0 atom stereocenters. The predicted octanol–water partition coefficient (Wildman–Crippen LogP) is 0.447. The Labute approximate surface area is 100 Å². The monoisotopic (exact) mass is 232 g/mol. The van der Waals surface area contributed by atoms with Gasteiger partial charge in [-0.05, 0) is 29.5 Å². The number of benzene rings is 1. The molecule has 0 radical (unpaired) electrons. The van der Waals surface area contributed by atoms with Crippen LogP contribution < -0.4 is 10.6 Å². The molecule has 0 aliphatic rings. The SMILES string of the molecule is CCN(CCN)c1nnnn1-c1ccccc1. The summed E-state index contributed by atoms with van der Waals surface area (Å²) in [6, 6.07) is 9.82. The van der Waals surface area contributed by atoms with Crippen molar-refractivity contribution >= 4 is 5.95 Å². The molecule has 0 aliphatic carbocycles. The molecule has 6 heteroatoms. The van der Waals surface area contributed by atoms with Crippen LogP contribution >= 0.6 is 0 Å². The highest BCUT2D eigenvalue weighted by molar-refractivity contribution is 5.40. The summed E-state index contributed by atoms with van der Waals surface area (Å²) in [4.78, 5) is 2.05. The fraction of sp³-hybridized carbons (Fsp3) is 0.364. The van der Waals surface area contributed by atoms with Crippen LogP contribution in [-0.4, -0.2) is 39.8 Å². The minimum Gasteiger partial charge on any atom is -0.338 e. The van der Waals surface area contributed by atoms with Gasteiger partial charge in [-0.25, -0.2) is 0 Å². The summed E-state index contributed by atoms with van der Waals surface area (Å²) in [6.07, 6.45) is 0. The fourth-order valence-electron chi connectivity index (χ4n) is 1.67. The molecule has 0 saturated carbocycles. The van der Waals surface area contributed by atoms with Gasteiger partial charge in [0.05, 0.1) is 5.69 Å². The molecule has 1 aromatic carbocycles. The maximum Gasteiger partial charge on any atom is 0.250 e. The topological polar surface area (TPSA) is 72.9 Å². The van der Waals surface area contributed by atoms with Crippen molar-refractivity contribution < 1.29 is 0 Å². The Kier molecular flexibility index (Phi) is 3.66. The average molecular weight is 232 g/mol. The van der Waals surface area contributed by atoms with E-state index in [2.05, 4.69) is 22.4 Å². The van der Waals surface area contributed by atoms with E-state index in [1.807, 2.05) is 35.2 Å². The van der Waals surface area contributed by atoms with Crippen LogP contribution in [0.4, 0.5) is 5.95 Å². The maximum atomic E-state index is 5.58. The van der Waals surface area contributed by atoms with E-state index in [0.717, 1.165) is 24.7 Å². The fourth-order valence-corrected chi connectivity index (χ4v) is 1.67. The molecule has 0 spiro atoms. The lowest BCUT2D eigenvalue weighted by Crippen LogP contribution is -2.31. The molecule has 0 amide bonds. The summed E-state index contributed by atoms with van der Waals surface area (Å²) >= 11 is 0. The summed E-state index contributed by atoms with van der Waals surface area (Å²) in [5, 5.41) is 11.8. The minimum atomic E-state index is 0.579. The van der Waals surface area contributed by atoms with Crippen molar-refractivity contribution in [1.82, 2.24) is 20.2 Å². The molecule has 0 unspecified atom stereocenters. The molecular formula is C11H16N6. The van der Waals surface area contributed by atoms with E-state index >= 15 is 0 Å². The Morgan fingerprint density at radius 1 is 1.29 bits per heavy atom. The third-order valence-corrected chi connectivity index (χ3v) is 2.52. The molecule has 17 heavy (non-hydrogen) atoms. The third-order valence-electron chi connectivity index (χ3n) is 2.52. The standard InChI is InChI=1S/C11H16N6/c1-2-16(9-8-12)11-13-14-15-17(11)10-6-4-3-5-7-10/h3-7H,2,8-9,12H2,1H3. The van der Waals surface area contributed by atoms with Crippen LogP contribution in [0.25, 0.3) is 5.69 Å². The Balaban J connectivity index is 2.34. The molecule has 1 aromatic heterocycles. The summed E-state index contributed by atoms with van der Waals surface area (Å²) in [5.41, 5.74) is 6.53. The van der Waals surface area contributed by atoms with E-state index in [0.29, 0.717) is 6.54 Å². The summed E-state index contributed by atoms with van der Waals surface area (Å²) in [6.45, 7) is 4.20. The van der Waals surface area contributed by atoms with Gasteiger partial charge < -0.3 is 10.6 Å². The van der Waals surface area contributed by atoms with Gasteiger partial charge >= 0.3 is 0 Å². The zero-order valence-electron chi connectivity index (χ0n) is 9.82. The van der Waals surface area contributed by atoms with Crippen molar-refractivity contribution in [1.29, 1.82) is 0 Å². The van der Waals surface area contributed by atoms with Crippen molar-refractivity contribution in [2.45, 2.75) is 6.92 Å². The van der Waals surface area contributed by atoms with Gasteiger partial charge in [0.15, 0.2) is 0 Å². The molecule has 2 aromatic rings. The number of para-hydroxylation sites is 1. The van der Waals surface area contributed by atoms with Crippen LogP contribution in [0.1, 0.15) is 6.92 Å². The van der Waals surface area contributed by atoms with Gasteiger partial charge in [0.1, 0.15) is 0 Å². The molecule has 0 saturated heterocycles. The van der Waals surface area contributed by atoms with Crippen molar-refractivity contribution in [3.63, 3.8) is 0 Å². The lowest BCUT2D eigenvalue weighted by molar-refractivity contribution is 0.743. The van der Waals surface area contributed by atoms with Crippen LogP contribution in [0.2, 0.25) is 0 Å². The highest BCUT2D eigenvalue weighted by atomic mass is 15.6. The number of hydrogen-bond acceptors (Lipinski definition) is 5. The van der Waals surface area contributed by atoms with Crippen LogP contribution in [0.3, 0.4) is 0 Å². The molecule has 2 N–H and O–H groups in total. The first-order chi connectivity index (χ1) is 8.36. The molecule has 6 nitrogen and oxygen atoms in total. The number of tetrazole rings is 1. The lowest BCUT2D eigenvalue weighted by atomic mass is 10.3. The number of likely N-dealkylation sites (N-methyl/N-ethyl adjacent to an activating group) is 1. The van der Waals surface area contributed by atoms with Gasteiger partial charge in [-0.15, -0.1) is 0 Å². The second-order valence-electron chi connectivity index (χ2n) is 3.59. The third kappa shape index (κ3) is 2.42. The molecule has 0 bridgehead atoms. The number of aromatic nitrogens is 4. The van der Waals surface area contributed by atoms with Gasteiger partial charge in [0.25, 0.3) is 0 Å². The first-order valence-electron chi connectivity index (χ1n) is 5.65. The summed E-state index contributed by atoms with van der Waals surface area (Å²) in [7, 11) is 0. The van der Waals surface area contributed by atoms with Crippen molar-refractivity contribution in [3.8, 4) is 5.69 Å². The molecule has 2 rings (SSSR count). The van der Waals surface area contributed by atoms with Gasteiger partial charge in [0, 0.05) is 19.6 Å². The van der Waals surface area contributed by atoms with Gasteiger partial charge in [0.2, 0.25) is 5.95 Å². The van der Waals surface area contributed by atoms with Crippen molar-refractivity contribution in [2.75, 3.05) is 24.5 Å². The average Bonchev–Trinajstić information content (AvgIpc) is 2.86. The van der Waals surface area contributed by atoms with Crippen LogP contribution in [0, 0.1) is 0 Å². The maximum absolute atomic E-state index is 5.58. The van der Waals surface area contributed by atoms with Crippen LogP contribution in [-0.2, 0) is 0 Å². The highest BCUT2D eigenvalue weighted by Crippen LogP contribution is 2.14. The number of nitrogens with zero attached hydrogens (tertiary/aromatic N) is 5. The van der Waals surface area contributed by atoms with Crippen molar-refractivity contribution in [2.24, 2.45) is 5.73 Å². The normalized spacial score (nSPS) is 10.5. The Morgan fingerprint density at radius 3 is 2.71 bits per heavy atom. The Bertz CT molecular complexity index is 452. The first-order valence-corrected chi connectivity index (χ1v) is 5.65. The lowest BCUT2D eigenvalue weighted by Gasteiger charge is -2.20. The van der Waals surface area contributed by atoms with E-state index in [1.54, 1.807) is 4.68 Å². The minimum absolute atomic E-state index is 0.579. The first kappa shape index (κ1) is 11.5. The van der Waals surface area contributed by atoms with Crippen molar-refractivity contribution in [3.05, 3.63) is 30.3 Å². The van der Waals surface area contributed by atoms with E-state index in [1.165, 1.54) is 0 Å². The number of nitrogens with two attached hydrogens (primary N) is 1. The molecule has 1 heterocycles. The number of anilines is 1. The molecule has 0 fully saturated rings. The smallest absolute Gasteiger partial charge is 0.250 e. The van der Waals surface area contributed by atoms with E-state index in [-0.39, 0.29) is 0 Å².